The minimum Gasteiger partial charge on any atom is -0.279 e. The number of H-pyrrole nitrogens is 1. The summed E-state index contributed by atoms with van der Waals surface area (Å²) in [6, 6.07) is 13.6. The zero-order valence-corrected chi connectivity index (χ0v) is 13.0. The topological polar surface area (TPSA) is 41.6 Å². The van der Waals surface area contributed by atoms with Gasteiger partial charge in [0.05, 0.1) is 5.69 Å². The summed E-state index contributed by atoms with van der Waals surface area (Å²) in [4.78, 5) is 4.39. The van der Waals surface area contributed by atoms with E-state index < -0.39 is 0 Å². The molecule has 0 aliphatic heterocycles. The molecule has 5 heteroatoms. The van der Waals surface area contributed by atoms with Gasteiger partial charge in [0.2, 0.25) is 0 Å². The minimum absolute atomic E-state index is 0.703. The fraction of sp³-hybridized carbons (Fsp3) is 0.0588. The van der Waals surface area contributed by atoms with Crippen molar-refractivity contribution in [3.8, 4) is 0 Å². The van der Waals surface area contributed by atoms with Crippen LogP contribution >= 0.6 is 23.2 Å². The van der Waals surface area contributed by atoms with E-state index in [1.54, 1.807) is 6.20 Å². The summed E-state index contributed by atoms with van der Waals surface area (Å²) in [7, 11) is 0. The molecular formula is C17H11Cl2N3. The van der Waals surface area contributed by atoms with Crippen LogP contribution in [0.3, 0.4) is 0 Å². The van der Waals surface area contributed by atoms with Crippen molar-refractivity contribution in [2.75, 3.05) is 0 Å². The average Bonchev–Trinajstić information content (AvgIpc) is 2.94. The van der Waals surface area contributed by atoms with Crippen molar-refractivity contribution >= 4 is 45.0 Å². The Balaban J connectivity index is 1.80. The molecule has 0 radical (unpaired) electrons. The first-order chi connectivity index (χ1) is 10.7. The van der Waals surface area contributed by atoms with Crippen LogP contribution in [-0.2, 0) is 6.42 Å². The molecule has 0 aliphatic carbocycles. The van der Waals surface area contributed by atoms with Crippen LogP contribution in [-0.4, -0.2) is 15.2 Å². The standard InChI is InChI=1S/C17H11Cl2N3/c18-13-5-6-14(19)12-8-10(3-4-11(12)13)9-16-17-15(21-22-16)2-1-7-20-17/h1-8H,9H2,(H,21,22). The number of rotatable bonds is 2. The molecule has 22 heavy (non-hydrogen) atoms. The maximum absolute atomic E-state index is 6.29. The Hall–Kier alpha value is -2.10. The first-order valence-corrected chi connectivity index (χ1v) is 7.62. The quantitative estimate of drug-likeness (QED) is 0.562. The lowest BCUT2D eigenvalue weighted by molar-refractivity contribution is 1.01. The van der Waals surface area contributed by atoms with Crippen molar-refractivity contribution in [1.82, 2.24) is 15.2 Å². The summed E-state index contributed by atoms with van der Waals surface area (Å²) in [5, 5.41) is 10.7. The van der Waals surface area contributed by atoms with Crippen LogP contribution in [0, 0.1) is 0 Å². The number of nitrogens with zero attached hydrogens (tertiary/aromatic N) is 2. The second-order valence-corrected chi connectivity index (χ2v) is 5.97. The van der Waals surface area contributed by atoms with Crippen LogP contribution in [0.4, 0.5) is 0 Å². The van der Waals surface area contributed by atoms with Crippen LogP contribution in [0.2, 0.25) is 10.0 Å². The van der Waals surface area contributed by atoms with Gasteiger partial charge in [0.25, 0.3) is 0 Å². The zero-order valence-electron chi connectivity index (χ0n) is 11.5. The van der Waals surface area contributed by atoms with Crippen LogP contribution in [0.5, 0.6) is 0 Å². The van der Waals surface area contributed by atoms with Crippen molar-refractivity contribution < 1.29 is 0 Å². The third-order valence-electron chi connectivity index (χ3n) is 3.74. The molecular weight excluding hydrogens is 317 g/mol. The summed E-state index contributed by atoms with van der Waals surface area (Å²) in [5.74, 6) is 0. The number of aromatic nitrogens is 3. The first kappa shape index (κ1) is 13.6. The van der Waals surface area contributed by atoms with E-state index in [9.17, 15) is 0 Å². The average molecular weight is 328 g/mol. The largest absolute Gasteiger partial charge is 0.279 e. The summed E-state index contributed by atoms with van der Waals surface area (Å²) in [6.07, 6.45) is 2.49. The minimum atomic E-state index is 0.703. The third-order valence-corrected chi connectivity index (χ3v) is 4.40. The molecule has 2 heterocycles. The van der Waals surface area contributed by atoms with Gasteiger partial charge in [0, 0.05) is 33.4 Å². The molecule has 108 valence electrons. The van der Waals surface area contributed by atoms with E-state index in [-0.39, 0.29) is 0 Å². The van der Waals surface area contributed by atoms with Gasteiger partial charge >= 0.3 is 0 Å². The SMILES string of the molecule is Clc1ccc(Cl)c2cc(Cc3[nH]nc4cccnc34)ccc12. The molecule has 3 nitrogen and oxygen atoms in total. The van der Waals surface area contributed by atoms with E-state index in [1.165, 1.54) is 0 Å². The molecule has 4 rings (SSSR count). The molecule has 2 aromatic carbocycles. The molecule has 2 aromatic heterocycles. The van der Waals surface area contributed by atoms with Crippen molar-refractivity contribution in [2.24, 2.45) is 0 Å². The Morgan fingerprint density at radius 1 is 0.955 bits per heavy atom. The van der Waals surface area contributed by atoms with Crippen molar-refractivity contribution in [1.29, 1.82) is 0 Å². The van der Waals surface area contributed by atoms with E-state index >= 15 is 0 Å². The number of nitrogens with one attached hydrogen (secondary N) is 1. The van der Waals surface area contributed by atoms with Gasteiger partial charge in [-0.15, -0.1) is 0 Å². The molecule has 0 bridgehead atoms. The predicted octanol–water partition coefficient (Wildman–Crippen LogP) is 5.01. The highest BCUT2D eigenvalue weighted by Crippen LogP contribution is 2.31. The van der Waals surface area contributed by atoms with Gasteiger partial charge in [-0.1, -0.05) is 35.3 Å². The van der Waals surface area contributed by atoms with Crippen LogP contribution in [0.15, 0.2) is 48.7 Å². The van der Waals surface area contributed by atoms with Crippen LogP contribution in [0.1, 0.15) is 11.3 Å². The Labute approximate surface area is 136 Å². The summed E-state index contributed by atoms with van der Waals surface area (Å²) < 4.78 is 0. The molecule has 1 N–H and O–H groups in total. The van der Waals surface area contributed by atoms with Gasteiger partial charge in [0.1, 0.15) is 11.0 Å². The zero-order chi connectivity index (χ0) is 15.1. The summed E-state index contributed by atoms with van der Waals surface area (Å²) >= 11 is 12.5. The number of aromatic amines is 1. The second kappa shape index (κ2) is 5.27. The second-order valence-electron chi connectivity index (χ2n) is 5.16. The van der Waals surface area contributed by atoms with Gasteiger partial charge in [-0.3, -0.25) is 10.1 Å². The molecule has 0 unspecified atom stereocenters. The molecule has 0 saturated carbocycles. The van der Waals surface area contributed by atoms with Crippen molar-refractivity contribution in [2.45, 2.75) is 6.42 Å². The monoisotopic (exact) mass is 327 g/mol. The van der Waals surface area contributed by atoms with E-state index in [0.29, 0.717) is 16.5 Å². The molecule has 0 fully saturated rings. The van der Waals surface area contributed by atoms with Crippen molar-refractivity contribution in [3.63, 3.8) is 0 Å². The Bertz CT molecular complexity index is 992. The smallest absolute Gasteiger partial charge is 0.112 e. The lowest BCUT2D eigenvalue weighted by atomic mass is 10.0. The normalized spacial score (nSPS) is 11.4. The highest BCUT2D eigenvalue weighted by Gasteiger charge is 2.09. The number of halogens is 2. The van der Waals surface area contributed by atoms with E-state index in [4.69, 9.17) is 23.2 Å². The summed E-state index contributed by atoms with van der Waals surface area (Å²) in [5.41, 5.74) is 3.90. The van der Waals surface area contributed by atoms with Gasteiger partial charge in [-0.2, -0.15) is 5.10 Å². The Morgan fingerprint density at radius 3 is 2.64 bits per heavy atom. The highest BCUT2D eigenvalue weighted by atomic mass is 35.5. The van der Waals surface area contributed by atoms with Crippen molar-refractivity contribution in [3.05, 3.63) is 70.0 Å². The van der Waals surface area contributed by atoms with Gasteiger partial charge in [0.15, 0.2) is 0 Å². The number of hydrogen-bond donors (Lipinski definition) is 1. The number of fused-ring (bicyclic) bond motifs is 2. The molecule has 0 amide bonds. The molecule has 0 saturated heterocycles. The summed E-state index contributed by atoms with van der Waals surface area (Å²) in [6.45, 7) is 0. The highest BCUT2D eigenvalue weighted by molar-refractivity contribution is 6.40. The fourth-order valence-corrected chi connectivity index (χ4v) is 3.11. The molecule has 0 aliphatic rings. The van der Waals surface area contributed by atoms with Crippen LogP contribution < -0.4 is 0 Å². The Kier molecular flexibility index (Phi) is 3.25. The lowest BCUT2D eigenvalue weighted by Crippen LogP contribution is -1.91. The Morgan fingerprint density at radius 2 is 1.77 bits per heavy atom. The predicted molar refractivity (Wildman–Crippen MR) is 90.7 cm³/mol. The first-order valence-electron chi connectivity index (χ1n) is 6.87. The van der Waals surface area contributed by atoms with Gasteiger partial charge in [-0.25, -0.2) is 0 Å². The number of benzene rings is 2. The number of hydrogen-bond acceptors (Lipinski definition) is 2. The number of pyridine rings is 1. The van der Waals surface area contributed by atoms with Crippen LogP contribution in [0.25, 0.3) is 21.8 Å². The lowest BCUT2D eigenvalue weighted by Gasteiger charge is -2.06. The maximum atomic E-state index is 6.29. The third kappa shape index (κ3) is 2.23. The van der Waals surface area contributed by atoms with E-state index in [0.717, 1.165) is 33.1 Å². The van der Waals surface area contributed by atoms with Gasteiger partial charge in [-0.05, 0) is 35.9 Å². The molecule has 0 atom stereocenters. The molecule has 4 aromatic rings. The van der Waals surface area contributed by atoms with Gasteiger partial charge < -0.3 is 0 Å². The maximum Gasteiger partial charge on any atom is 0.112 e. The van der Waals surface area contributed by atoms with E-state index in [1.807, 2.05) is 30.3 Å². The molecule has 0 spiro atoms. The van der Waals surface area contributed by atoms with E-state index in [2.05, 4.69) is 27.3 Å². The fourth-order valence-electron chi connectivity index (χ4n) is 2.66.